The van der Waals surface area contributed by atoms with E-state index in [4.69, 9.17) is 11.6 Å². The number of nitrogens with one attached hydrogen (secondary N) is 1. The molecule has 1 aliphatic heterocycles. The first-order chi connectivity index (χ1) is 13.5. The Kier molecular flexibility index (Phi) is 6.57. The van der Waals surface area contributed by atoms with Gasteiger partial charge in [-0.15, -0.1) is 0 Å². The second kappa shape index (κ2) is 9.11. The lowest BCUT2D eigenvalue weighted by Gasteiger charge is -2.36. The fraction of sp³-hybridized carbons (Fsp3) is 0.364. The van der Waals surface area contributed by atoms with Crippen molar-refractivity contribution < 1.29 is 9.59 Å². The summed E-state index contributed by atoms with van der Waals surface area (Å²) in [5.41, 5.74) is 3.31. The highest BCUT2D eigenvalue weighted by Gasteiger charge is 2.22. The molecule has 5 nitrogen and oxygen atoms in total. The van der Waals surface area contributed by atoms with Crippen LogP contribution in [0.25, 0.3) is 0 Å². The van der Waals surface area contributed by atoms with Crippen molar-refractivity contribution in [3.63, 3.8) is 0 Å². The SMILES string of the molecule is CCCC(=O)N1CCN(c2ccc(NC(=O)c3ccc(C)cc3)cc2Cl)CC1. The van der Waals surface area contributed by atoms with Crippen molar-refractivity contribution in [3.8, 4) is 0 Å². The number of hydrogen-bond acceptors (Lipinski definition) is 3. The molecule has 1 saturated heterocycles. The summed E-state index contributed by atoms with van der Waals surface area (Å²) in [4.78, 5) is 28.5. The van der Waals surface area contributed by atoms with Gasteiger partial charge in [0.05, 0.1) is 10.7 Å². The van der Waals surface area contributed by atoms with E-state index < -0.39 is 0 Å². The van der Waals surface area contributed by atoms with E-state index in [1.165, 1.54) is 0 Å². The largest absolute Gasteiger partial charge is 0.367 e. The highest BCUT2D eigenvalue weighted by molar-refractivity contribution is 6.33. The normalized spacial score (nSPS) is 14.1. The number of aryl methyl sites for hydroxylation is 1. The molecule has 28 heavy (non-hydrogen) atoms. The Morgan fingerprint density at radius 2 is 1.71 bits per heavy atom. The highest BCUT2D eigenvalue weighted by Crippen LogP contribution is 2.30. The third-order valence-electron chi connectivity index (χ3n) is 4.96. The first-order valence-corrected chi connectivity index (χ1v) is 10.1. The summed E-state index contributed by atoms with van der Waals surface area (Å²) in [6, 6.07) is 13.0. The Morgan fingerprint density at radius 1 is 1.04 bits per heavy atom. The second-order valence-electron chi connectivity index (χ2n) is 7.10. The predicted molar refractivity (Wildman–Crippen MR) is 114 cm³/mol. The van der Waals surface area contributed by atoms with Gasteiger partial charge in [0.25, 0.3) is 5.91 Å². The zero-order valence-electron chi connectivity index (χ0n) is 16.4. The summed E-state index contributed by atoms with van der Waals surface area (Å²) in [5.74, 6) is 0.0641. The quantitative estimate of drug-likeness (QED) is 0.813. The molecule has 0 unspecified atom stereocenters. The zero-order valence-corrected chi connectivity index (χ0v) is 17.1. The molecule has 1 N–H and O–H groups in total. The first kappa shape index (κ1) is 20.2. The number of anilines is 2. The van der Waals surface area contributed by atoms with Crippen molar-refractivity contribution in [1.82, 2.24) is 4.90 Å². The summed E-state index contributed by atoms with van der Waals surface area (Å²) in [6.07, 6.45) is 1.48. The van der Waals surface area contributed by atoms with Gasteiger partial charge in [0.15, 0.2) is 0 Å². The van der Waals surface area contributed by atoms with Crippen LogP contribution in [0.4, 0.5) is 11.4 Å². The van der Waals surface area contributed by atoms with Gasteiger partial charge in [-0.25, -0.2) is 0 Å². The van der Waals surface area contributed by atoms with E-state index in [2.05, 4.69) is 10.2 Å². The Bertz CT molecular complexity index is 843. The molecule has 0 atom stereocenters. The molecular formula is C22H26ClN3O2. The van der Waals surface area contributed by atoms with E-state index in [0.717, 1.165) is 30.8 Å². The van der Waals surface area contributed by atoms with Crippen LogP contribution in [0, 0.1) is 6.92 Å². The van der Waals surface area contributed by atoms with Crippen molar-refractivity contribution in [2.24, 2.45) is 0 Å². The number of hydrogen-bond donors (Lipinski definition) is 1. The zero-order chi connectivity index (χ0) is 20.1. The molecule has 3 rings (SSSR count). The lowest BCUT2D eigenvalue weighted by molar-refractivity contribution is -0.131. The molecule has 0 aliphatic carbocycles. The molecule has 0 radical (unpaired) electrons. The van der Waals surface area contributed by atoms with E-state index in [1.807, 2.05) is 43.0 Å². The topological polar surface area (TPSA) is 52.7 Å². The van der Waals surface area contributed by atoms with E-state index >= 15 is 0 Å². The van der Waals surface area contributed by atoms with Crippen LogP contribution in [0.1, 0.15) is 35.7 Å². The number of halogens is 1. The molecule has 0 spiro atoms. The first-order valence-electron chi connectivity index (χ1n) is 9.68. The van der Waals surface area contributed by atoms with Crippen LogP contribution in [0.3, 0.4) is 0 Å². The molecule has 1 heterocycles. The molecule has 0 bridgehead atoms. The van der Waals surface area contributed by atoms with Gasteiger partial charge in [0.1, 0.15) is 0 Å². The maximum absolute atomic E-state index is 12.4. The van der Waals surface area contributed by atoms with Gasteiger partial charge in [0.2, 0.25) is 5.91 Å². The Hall–Kier alpha value is -2.53. The summed E-state index contributed by atoms with van der Waals surface area (Å²) in [5, 5.41) is 3.48. The summed E-state index contributed by atoms with van der Waals surface area (Å²) in [7, 11) is 0. The van der Waals surface area contributed by atoms with Gasteiger partial charge in [-0.1, -0.05) is 36.2 Å². The number of nitrogens with zero attached hydrogens (tertiary/aromatic N) is 2. The molecule has 2 aromatic rings. The minimum Gasteiger partial charge on any atom is -0.367 e. The minimum absolute atomic E-state index is 0.160. The summed E-state index contributed by atoms with van der Waals surface area (Å²) < 4.78 is 0. The molecule has 0 aromatic heterocycles. The fourth-order valence-electron chi connectivity index (χ4n) is 3.32. The van der Waals surface area contributed by atoms with Crippen molar-refractivity contribution in [2.45, 2.75) is 26.7 Å². The summed E-state index contributed by atoms with van der Waals surface area (Å²) >= 11 is 6.49. The van der Waals surface area contributed by atoms with E-state index in [9.17, 15) is 9.59 Å². The minimum atomic E-state index is -0.160. The second-order valence-corrected chi connectivity index (χ2v) is 7.51. The van der Waals surface area contributed by atoms with Crippen molar-refractivity contribution in [1.29, 1.82) is 0 Å². The lowest BCUT2D eigenvalue weighted by Crippen LogP contribution is -2.48. The van der Waals surface area contributed by atoms with Gasteiger partial charge in [-0.3, -0.25) is 9.59 Å². The third kappa shape index (κ3) is 4.84. The number of piperazine rings is 1. The molecule has 2 amide bonds. The van der Waals surface area contributed by atoms with Crippen molar-refractivity contribution in [2.75, 3.05) is 36.4 Å². The van der Waals surface area contributed by atoms with Crippen molar-refractivity contribution >= 4 is 34.8 Å². The van der Waals surface area contributed by atoms with Crippen LogP contribution in [-0.4, -0.2) is 42.9 Å². The number of carbonyl (C=O) groups excluding carboxylic acids is 2. The van der Waals surface area contributed by atoms with E-state index in [0.29, 0.717) is 35.8 Å². The monoisotopic (exact) mass is 399 g/mol. The van der Waals surface area contributed by atoms with Crippen molar-refractivity contribution in [3.05, 3.63) is 58.6 Å². The van der Waals surface area contributed by atoms with Gasteiger partial charge in [-0.2, -0.15) is 0 Å². The number of carbonyl (C=O) groups is 2. The number of rotatable bonds is 5. The van der Waals surface area contributed by atoms with Crippen LogP contribution in [0.2, 0.25) is 5.02 Å². The standard InChI is InChI=1S/C22H26ClN3O2/c1-3-4-21(27)26-13-11-25(12-14-26)20-10-9-18(15-19(20)23)24-22(28)17-7-5-16(2)6-8-17/h5-10,15H,3-4,11-14H2,1-2H3,(H,24,28). The average molecular weight is 400 g/mol. The Morgan fingerprint density at radius 3 is 2.32 bits per heavy atom. The predicted octanol–water partition coefficient (Wildman–Crippen LogP) is 4.35. The molecule has 2 aromatic carbocycles. The van der Waals surface area contributed by atoms with Gasteiger partial charge in [-0.05, 0) is 43.7 Å². The lowest BCUT2D eigenvalue weighted by atomic mass is 10.1. The van der Waals surface area contributed by atoms with Crippen LogP contribution in [-0.2, 0) is 4.79 Å². The molecule has 6 heteroatoms. The third-order valence-corrected chi connectivity index (χ3v) is 5.26. The van der Waals surface area contributed by atoms with Crippen LogP contribution in [0.5, 0.6) is 0 Å². The molecule has 0 saturated carbocycles. The maximum atomic E-state index is 12.4. The van der Waals surface area contributed by atoms with Crippen LogP contribution < -0.4 is 10.2 Å². The van der Waals surface area contributed by atoms with Gasteiger partial charge in [0, 0.05) is 43.9 Å². The van der Waals surface area contributed by atoms with Crippen LogP contribution in [0.15, 0.2) is 42.5 Å². The number of amides is 2. The van der Waals surface area contributed by atoms with E-state index in [1.54, 1.807) is 18.2 Å². The summed E-state index contributed by atoms with van der Waals surface area (Å²) in [6.45, 7) is 6.93. The Balaban J connectivity index is 1.62. The fourth-order valence-corrected chi connectivity index (χ4v) is 3.62. The van der Waals surface area contributed by atoms with Gasteiger partial charge < -0.3 is 15.1 Å². The average Bonchev–Trinajstić information content (AvgIpc) is 2.69. The smallest absolute Gasteiger partial charge is 0.255 e. The van der Waals surface area contributed by atoms with E-state index in [-0.39, 0.29) is 11.8 Å². The van der Waals surface area contributed by atoms with Gasteiger partial charge >= 0.3 is 0 Å². The molecule has 1 aliphatic rings. The molecule has 1 fully saturated rings. The Labute approximate surface area is 171 Å². The highest BCUT2D eigenvalue weighted by atomic mass is 35.5. The molecule has 148 valence electrons. The molecular weight excluding hydrogens is 374 g/mol. The van der Waals surface area contributed by atoms with Crippen LogP contribution >= 0.6 is 11.6 Å². The maximum Gasteiger partial charge on any atom is 0.255 e. The number of benzene rings is 2.